The molecule has 17 heteroatoms. The number of phenolic OH excluding ortho intramolecular Hbond substituents is 1. The summed E-state index contributed by atoms with van der Waals surface area (Å²) in [6.07, 6.45) is -6.01. The number of amides is 1. The number of hydrogen-bond donors (Lipinski definition) is 5. The highest BCUT2D eigenvalue weighted by molar-refractivity contribution is 5.81. The van der Waals surface area contributed by atoms with E-state index in [0.717, 1.165) is 0 Å². The molecule has 4 aliphatic heterocycles. The minimum Gasteiger partial charge on any atom is -0.502 e. The zero-order chi connectivity index (χ0) is 34.5. The predicted molar refractivity (Wildman–Crippen MR) is 154 cm³/mol. The van der Waals surface area contributed by atoms with Gasteiger partial charge >= 0.3 is 12.0 Å². The minimum atomic E-state index is -3.27. The van der Waals surface area contributed by atoms with Crippen LogP contribution < -0.4 is 24.3 Å². The van der Waals surface area contributed by atoms with Gasteiger partial charge in [-0.2, -0.15) is 4.39 Å². The first-order valence-electron chi connectivity index (χ1n) is 15.0. The molecule has 1 amide bonds. The van der Waals surface area contributed by atoms with Crippen LogP contribution in [0.15, 0.2) is 24.3 Å². The number of benzene rings is 2. The molecule has 0 saturated carbocycles. The second-order valence-corrected chi connectivity index (χ2v) is 11.8. The fraction of sp³-hybridized carbons (Fsp3) is 0.548. The van der Waals surface area contributed by atoms with Crippen LogP contribution in [0, 0.1) is 11.8 Å². The first-order valence-corrected chi connectivity index (χ1v) is 15.0. The van der Waals surface area contributed by atoms with Crippen LogP contribution in [0.4, 0.5) is 8.78 Å². The first kappa shape index (κ1) is 33.9. The molecule has 0 aromatic heterocycles. The summed E-state index contributed by atoms with van der Waals surface area (Å²) in [6.45, 7) is 0.517. The van der Waals surface area contributed by atoms with E-state index >= 15 is 0 Å². The lowest BCUT2D eigenvalue weighted by molar-refractivity contribution is -0.429. The molecule has 0 bridgehead atoms. The van der Waals surface area contributed by atoms with Crippen molar-refractivity contribution < 1.29 is 76.7 Å². The van der Waals surface area contributed by atoms with Crippen molar-refractivity contribution in [1.29, 1.82) is 0 Å². The number of rotatable bonds is 5. The molecular weight excluding hydrogens is 648 g/mol. The van der Waals surface area contributed by atoms with Crippen LogP contribution in [-0.2, 0) is 28.5 Å². The quantitative estimate of drug-likeness (QED) is 0.276. The second-order valence-electron chi connectivity index (χ2n) is 11.8. The third-order valence-corrected chi connectivity index (χ3v) is 9.04. The number of halogens is 2. The van der Waals surface area contributed by atoms with Crippen LogP contribution in [0.3, 0.4) is 0 Å². The van der Waals surface area contributed by atoms with E-state index in [1.165, 1.54) is 14.2 Å². The summed E-state index contributed by atoms with van der Waals surface area (Å²) in [5, 5.41) is 40.8. The van der Waals surface area contributed by atoms with Crippen molar-refractivity contribution in [1.82, 2.24) is 5.32 Å². The van der Waals surface area contributed by atoms with E-state index in [4.69, 9.17) is 38.3 Å². The third-order valence-electron chi connectivity index (χ3n) is 9.04. The normalized spacial score (nSPS) is 34.4. The lowest BCUT2D eigenvalue weighted by Gasteiger charge is -2.46. The number of aliphatic hydroxyl groups is 3. The van der Waals surface area contributed by atoms with E-state index in [2.05, 4.69) is 10.1 Å². The molecule has 2 aromatic rings. The number of aliphatic hydroxyl groups excluding tert-OH is 2. The first-order chi connectivity index (χ1) is 22.9. The zero-order valence-corrected chi connectivity index (χ0v) is 26.0. The monoisotopic (exact) mass is 683 g/mol. The Hall–Kier alpha value is -4.00. The smallest absolute Gasteiger partial charge is 0.347 e. The van der Waals surface area contributed by atoms with E-state index < -0.39 is 79.1 Å². The van der Waals surface area contributed by atoms with Crippen LogP contribution in [0.2, 0.25) is 0 Å². The molecule has 3 saturated heterocycles. The SMILES string of the molecule is CC1OC[C@H]2O[C@@](O)(F)[C@H](O)[C@@H](O)[C@@H]2O1.COc1cc([C@@H]2c3cc4c(cc3[C@@H](NC(=O)CF)[C@H]3COC(=O)[C@H]23)OCO4)cc(OC)c1O. The predicted octanol–water partition coefficient (Wildman–Crippen LogP) is 0.684. The summed E-state index contributed by atoms with van der Waals surface area (Å²) >= 11 is 0. The number of aromatic hydroxyl groups is 1. The maximum absolute atomic E-state index is 13.2. The molecule has 5 N–H and O–H groups in total. The van der Waals surface area contributed by atoms with Crippen molar-refractivity contribution in [2.24, 2.45) is 11.8 Å². The molecule has 7 rings (SSSR count). The molecule has 2 aromatic carbocycles. The van der Waals surface area contributed by atoms with Crippen molar-refractivity contribution >= 4 is 11.9 Å². The Morgan fingerprint density at radius 2 is 1.69 bits per heavy atom. The van der Waals surface area contributed by atoms with Gasteiger partial charge in [0, 0.05) is 11.8 Å². The van der Waals surface area contributed by atoms with Crippen molar-refractivity contribution in [2.45, 2.75) is 55.6 Å². The molecule has 10 atom stereocenters. The lowest BCUT2D eigenvalue weighted by atomic mass is 9.65. The Labute approximate surface area is 272 Å². The lowest BCUT2D eigenvalue weighted by Crippen LogP contribution is -2.66. The molecule has 0 radical (unpaired) electrons. The Morgan fingerprint density at radius 1 is 1.04 bits per heavy atom. The summed E-state index contributed by atoms with van der Waals surface area (Å²) in [6, 6.07) is 2.87. The molecule has 5 aliphatic rings. The number of cyclic esters (lactones) is 1. The number of ether oxygens (including phenoxy) is 8. The van der Waals surface area contributed by atoms with Crippen LogP contribution in [0.5, 0.6) is 28.7 Å². The third kappa shape index (κ3) is 5.94. The number of fused-ring (bicyclic) bond motifs is 4. The molecule has 4 heterocycles. The van der Waals surface area contributed by atoms with Crippen LogP contribution in [0.1, 0.15) is 35.6 Å². The molecule has 3 fully saturated rings. The van der Waals surface area contributed by atoms with Gasteiger partial charge in [-0.25, -0.2) is 4.39 Å². The highest BCUT2D eigenvalue weighted by atomic mass is 19.2. The molecular formula is C31H35F2NO14. The van der Waals surface area contributed by atoms with Gasteiger partial charge in [-0.1, -0.05) is 0 Å². The average molecular weight is 684 g/mol. The molecule has 1 aliphatic carbocycles. The minimum absolute atomic E-state index is 0.0121. The summed E-state index contributed by atoms with van der Waals surface area (Å²) < 4.78 is 68.1. The maximum atomic E-state index is 13.2. The standard InChI is InChI=1S/C23H22FNO8.C8H13FO6/c1-29-16-3-10(4-17(30-2)22(16)27)19-11-5-14-15(33-9-32-14)6-12(11)21(25-18(26)7-24)13-8-31-23(28)20(13)19;1-3-13-2-4-6(14-3)5(10)7(11)8(9,12)15-4/h3-6,13,19-21,27H,7-9H2,1-2H3,(H,25,26);3-7,10-12H,2H2,1H3/t13-,19+,20-,21+;3?,4-,5+,6-,7-,8-/m01/s1. The van der Waals surface area contributed by atoms with Gasteiger partial charge in [-0.15, -0.1) is 0 Å². The van der Waals surface area contributed by atoms with Gasteiger partial charge in [0.15, 0.2) is 42.1 Å². The summed E-state index contributed by atoms with van der Waals surface area (Å²) in [4.78, 5) is 25.0. The summed E-state index contributed by atoms with van der Waals surface area (Å²) in [5.41, 5.74) is 2.01. The number of methoxy groups -OCH3 is 2. The van der Waals surface area contributed by atoms with E-state index in [-0.39, 0.29) is 37.3 Å². The van der Waals surface area contributed by atoms with Gasteiger partial charge in [-0.3, -0.25) is 9.59 Å². The average Bonchev–Trinajstić information content (AvgIpc) is 3.70. The van der Waals surface area contributed by atoms with E-state index in [1.54, 1.807) is 31.2 Å². The van der Waals surface area contributed by atoms with Gasteiger partial charge in [0.2, 0.25) is 12.5 Å². The van der Waals surface area contributed by atoms with E-state index in [0.29, 0.717) is 28.2 Å². The van der Waals surface area contributed by atoms with Crippen LogP contribution in [-0.4, -0.2) is 110 Å². The maximum Gasteiger partial charge on any atom is 0.347 e. The van der Waals surface area contributed by atoms with Crippen molar-refractivity contribution in [3.05, 3.63) is 41.0 Å². The molecule has 1 unspecified atom stereocenters. The van der Waals surface area contributed by atoms with Crippen LogP contribution >= 0.6 is 0 Å². The van der Waals surface area contributed by atoms with Gasteiger partial charge < -0.3 is 63.6 Å². The van der Waals surface area contributed by atoms with E-state index in [1.807, 2.05) is 0 Å². The fourth-order valence-electron chi connectivity index (χ4n) is 6.80. The topological polar surface area (TPSA) is 201 Å². The highest BCUT2D eigenvalue weighted by Crippen LogP contribution is 2.55. The summed E-state index contributed by atoms with van der Waals surface area (Å²) in [5.74, 6) is -1.68. The second kappa shape index (κ2) is 13.1. The van der Waals surface area contributed by atoms with Crippen molar-refractivity contribution in [3.63, 3.8) is 0 Å². The molecule has 262 valence electrons. The van der Waals surface area contributed by atoms with Crippen molar-refractivity contribution in [2.75, 3.05) is 40.9 Å². The van der Waals surface area contributed by atoms with Gasteiger partial charge in [0.1, 0.15) is 18.3 Å². The number of hydrogen-bond acceptors (Lipinski definition) is 14. The number of nitrogens with one attached hydrogen (secondary N) is 1. The highest BCUT2D eigenvalue weighted by Gasteiger charge is 2.56. The number of esters is 1. The Bertz CT molecular complexity index is 1530. The van der Waals surface area contributed by atoms with E-state index in [9.17, 15) is 33.7 Å². The number of carbonyl (C=O) groups excluding carboxylic acids is 2. The molecule has 48 heavy (non-hydrogen) atoms. The summed E-state index contributed by atoms with van der Waals surface area (Å²) in [7, 11) is 2.83. The van der Waals surface area contributed by atoms with Crippen LogP contribution in [0.25, 0.3) is 0 Å². The van der Waals surface area contributed by atoms with Gasteiger partial charge in [-0.05, 0) is 47.9 Å². The Kier molecular flexibility index (Phi) is 9.27. The van der Waals surface area contributed by atoms with Gasteiger partial charge in [0.25, 0.3) is 5.91 Å². The number of alkyl halides is 2. The number of phenols is 1. The van der Waals surface area contributed by atoms with Gasteiger partial charge in [0.05, 0.1) is 39.4 Å². The zero-order valence-electron chi connectivity index (χ0n) is 26.0. The van der Waals surface area contributed by atoms with Crippen molar-refractivity contribution in [3.8, 4) is 28.7 Å². The molecule has 15 nitrogen and oxygen atoms in total. The Morgan fingerprint density at radius 3 is 2.31 bits per heavy atom. The molecule has 0 spiro atoms. The fourth-order valence-corrected chi connectivity index (χ4v) is 6.80. The Balaban J connectivity index is 0.000000223. The number of carbonyl (C=O) groups is 2. The largest absolute Gasteiger partial charge is 0.502 e.